The van der Waals surface area contributed by atoms with Crippen LogP contribution in [0.2, 0.25) is 0 Å². The zero-order chi connectivity index (χ0) is 15.6. The maximum Gasteiger partial charge on any atom is 0.246 e. The first-order chi connectivity index (χ1) is 9.93. The SMILES string of the molecule is CCC1NC(=O)C(C)(CC)N(CCc2ccnn2C)C1=O. The molecule has 6 nitrogen and oxygen atoms in total. The van der Waals surface area contributed by atoms with Gasteiger partial charge >= 0.3 is 0 Å². The molecule has 0 aromatic carbocycles. The third-order valence-corrected chi connectivity index (χ3v) is 4.57. The molecule has 2 amide bonds. The molecule has 1 aliphatic rings. The van der Waals surface area contributed by atoms with Crippen molar-refractivity contribution in [2.45, 2.75) is 51.6 Å². The van der Waals surface area contributed by atoms with E-state index in [1.54, 1.807) is 15.8 Å². The summed E-state index contributed by atoms with van der Waals surface area (Å²) >= 11 is 0. The van der Waals surface area contributed by atoms with Gasteiger partial charge in [0.15, 0.2) is 0 Å². The zero-order valence-electron chi connectivity index (χ0n) is 13.2. The number of carbonyl (C=O) groups is 2. The van der Waals surface area contributed by atoms with Gasteiger partial charge in [0.05, 0.1) is 0 Å². The number of nitrogens with one attached hydrogen (secondary N) is 1. The Morgan fingerprint density at radius 2 is 2.10 bits per heavy atom. The second-order valence-electron chi connectivity index (χ2n) is 5.75. The monoisotopic (exact) mass is 292 g/mol. The highest BCUT2D eigenvalue weighted by Crippen LogP contribution is 2.26. The zero-order valence-corrected chi connectivity index (χ0v) is 13.2. The Kier molecular flexibility index (Phi) is 4.34. The number of hydrogen-bond donors (Lipinski definition) is 1. The molecule has 2 heterocycles. The highest BCUT2D eigenvalue weighted by molar-refractivity contribution is 5.99. The Morgan fingerprint density at radius 1 is 1.38 bits per heavy atom. The third kappa shape index (κ3) is 2.66. The van der Waals surface area contributed by atoms with Gasteiger partial charge in [0.1, 0.15) is 11.6 Å². The number of carbonyl (C=O) groups excluding carboxylic acids is 2. The van der Waals surface area contributed by atoms with Crippen LogP contribution in [-0.4, -0.2) is 44.6 Å². The van der Waals surface area contributed by atoms with Crippen molar-refractivity contribution in [1.82, 2.24) is 20.0 Å². The third-order valence-electron chi connectivity index (χ3n) is 4.57. The molecule has 1 saturated heterocycles. The van der Waals surface area contributed by atoms with Gasteiger partial charge in [0.25, 0.3) is 0 Å². The van der Waals surface area contributed by atoms with E-state index >= 15 is 0 Å². The van der Waals surface area contributed by atoms with E-state index in [1.807, 2.05) is 33.9 Å². The minimum atomic E-state index is -0.763. The molecule has 2 unspecified atom stereocenters. The summed E-state index contributed by atoms with van der Waals surface area (Å²) < 4.78 is 1.80. The van der Waals surface area contributed by atoms with Gasteiger partial charge in [-0.15, -0.1) is 0 Å². The number of aromatic nitrogens is 2. The summed E-state index contributed by atoms with van der Waals surface area (Å²) in [5.74, 6) is -0.0370. The van der Waals surface area contributed by atoms with Gasteiger partial charge in [0.2, 0.25) is 11.8 Å². The second kappa shape index (κ2) is 5.87. The molecule has 1 aromatic rings. The van der Waals surface area contributed by atoms with Crippen molar-refractivity contribution in [2.24, 2.45) is 7.05 Å². The van der Waals surface area contributed by atoms with Crippen LogP contribution < -0.4 is 5.32 Å². The summed E-state index contributed by atoms with van der Waals surface area (Å²) in [7, 11) is 1.88. The number of hydrogen-bond acceptors (Lipinski definition) is 3. The molecule has 1 N–H and O–H groups in total. The van der Waals surface area contributed by atoms with Crippen LogP contribution in [0.15, 0.2) is 12.3 Å². The fourth-order valence-electron chi connectivity index (χ4n) is 2.79. The molecule has 6 heteroatoms. The largest absolute Gasteiger partial charge is 0.342 e. The van der Waals surface area contributed by atoms with Gasteiger partial charge in [-0.25, -0.2) is 0 Å². The summed E-state index contributed by atoms with van der Waals surface area (Å²) in [5, 5.41) is 6.98. The van der Waals surface area contributed by atoms with Crippen LogP contribution in [0.3, 0.4) is 0 Å². The molecule has 0 aliphatic carbocycles. The van der Waals surface area contributed by atoms with Gasteiger partial charge in [0, 0.05) is 31.9 Å². The van der Waals surface area contributed by atoms with E-state index in [1.165, 1.54) is 0 Å². The maximum atomic E-state index is 12.6. The smallest absolute Gasteiger partial charge is 0.246 e. The van der Waals surface area contributed by atoms with Crippen LogP contribution in [0.4, 0.5) is 0 Å². The van der Waals surface area contributed by atoms with E-state index in [2.05, 4.69) is 10.4 Å². The van der Waals surface area contributed by atoms with Crippen molar-refractivity contribution in [3.8, 4) is 0 Å². The van der Waals surface area contributed by atoms with Crippen LogP contribution in [-0.2, 0) is 23.1 Å². The lowest BCUT2D eigenvalue weighted by Gasteiger charge is -2.46. The molecule has 116 valence electrons. The Balaban J connectivity index is 2.20. The summed E-state index contributed by atoms with van der Waals surface area (Å²) in [4.78, 5) is 26.7. The van der Waals surface area contributed by atoms with E-state index in [-0.39, 0.29) is 11.8 Å². The lowest BCUT2D eigenvalue weighted by molar-refractivity contribution is -0.156. The molecular formula is C15H24N4O2. The topological polar surface area (TPSA) is 67.2 Å². The van der Waals surface area contributed by atoms with Gasteiger partial charge in [-0.1, -0.05) is 13.8 Å². The molecule has 0 saturated carbocycles. The molecule has 1 fully saturated rings. The molecule has 0 radical (unpaired) electrons. The Morgan fingerprint density at radius 3 is 2.62 bits per heavy atom. The van der Waals surface area contributed by atoms with Gasteiger partial charge in [-0.2, -0.15) is 5.10 Å². The van der Waals surface area contributed by atoms with E-state index in [0.717, 1.165) is 5.69 Å². The molecule has 1 aliphatic heterocycles. The predicted molar refractivity (Wildman–Crippen MR) is 79.5 cm³/mol. The van der Waals surface area contributed by atoms with Crippen LogP contribution in [0.1, 0.15) is 39.3 Å². The van der Waals surface area contributed by atoms with Crippen molar-refractivity contribution >= 4 is 11.8 Å². The summed E-state index contributed by atoms with van der Waals surface area (Å²) in [6.45, 7) is 6.23. The highest BCUT2D eigenvalue weighted by atomic mass is 16.2. The van der Waals surface area contributed by atoms with Crippen molar-refractivity contribution < 1.29 is 9.59 Å². The Bertz CT molecular complexity index is 540. The van der Waals surface area contributed by atoms with Crippen molar-refractivity contribution in [3.63, 3.8) is 0 Å². The van der Waals surface area contributed by atoms with Crippen LogP contribution in [0, 0.1) is 0 Å². The number of amides is 2. The summed E-state index contributed by atoms with van der Waals surface area (Å²) in [6, 6.07) is 1.54. The summed E-state index contributed by atoms with van der Waals surface area (Å²) in [6.07, 6.45) is 3.66. The molecule has 0 bridgehead atoms. The van der Waals surface area contributed by atoms with Crippen molar-refractivity contribution in [1.29, 1.82) is 0 Å². The first-order valence-electron chi connectivity index (χ1n) is 7.53. The van der Waals surface area contributed by atoms with E-state index in [4.69, 9.17) is 0 Å². The van der Waals surface area contributed by atoms with Crippen LogP contribution >= 0.6 is 0 Å². The Hall–Kier alpha value is -1.85. The quantitative estimate of drug-likeness (QED) is 0.875. The normalized spacial score (nSPS) is 26.1. The number of aryl methyl sites for hydroxylation is 1. The fraction of sp³-hybridized carbons (Fsp3) is 0.667. The Labute approximate surface area is 125 Å². The van der Waals surface area contributed by atoms with Gasteiger partial charge in [-0.3, -0.25) is 14.3 Å². The number of nitrogens with zero attached hydrogens (tertiary/aromatic N) is 3. The standard InChI is InChI=1S/C15H24N4O2/c1-5-12-13(20)19(15(3,6-2)14(21)17-12)10-8-11-7-9-16-18(11)4/h7,9,12H,5-6,8,10H2,1-4H3,(H,17,21). The number of rotatable bonds is 5. The first-order valence-corrected chi connectivity index (χ1v) is 7.53. The fourth-order valence-corrected chi connectivity index (χ4v) is 2.79. The lowest BCUT2D eigenvalue weighted by Crippen LogP contribution is -2.69. The molecule has 1 aromatic heterocycles. The van der Waals surface area contributed by atoms with Gasteiger partial charge in [-0.05, 0) is 25.8 Å². The van der Waals surface area contributed by atoms with Crippen molar-refractivity contribution in [2.75, 3.05) is 6.54 Å². The number of piperazine rings is 1. The first kappa shape index (κ1) is 15.5. The van der Waals surface area contributed by atoms with E-state index < -0.39 is 11.6 Å². The molecule has 21 heavy (non-hydrogen) atoms. The minimum Gasteiger partial charge on any atom is -0.342 e. The lowest BCUT2D eigenvalue weighted by atomic mass is 9.89. The summed E-state index contributed by atoms with van der Waals surface area (Å²) in [5.41, 5.74) is 0.293. The molecular weight excluding hydrogens is 268 g/mol. The van der Waals surface area contributed by atoms with E-state index in [9.17, 15) is 9.59 Å². The second-order valence-corrected chi connectivity index (χ2v) is 5.75. The molecule has 2 rings (SSSR count). The highest BCUT2D eigenvalue weighted by Gasteiger charge is 2.47. The molecule has 0 spiro atoms. The average Bonchev–Trinajstić information content (AvgIpc) is 2.88. The van der Waals surface area contributed by atoms with Crippen LogP contribution in [0.25, 0.3) is 0 Å². The minimum absolute atomic E-state index is 0.0172. The van der Waals surface area contributed by atoms with Crippen molar-refractivity contribution in [3.05, 3.63) is 18.0 Å². The average molecular weight is 292 g/mol. The predicted octanol–water partition coefficient (Wildman–Crippen LogP) is 0.868. The van der Waals surface area contributed by atoms with Crippen LogP contribution in [0.5, 0.6) is 0 Å². The van der Waals surface area contributed by atoms with E-state index in [0.29, 0.717) is 25.8 Å². The maximum absolute atomic E-state index is 12.6. The van der Waals surface area contributed by atoms with Gasteiger partial charge < -0.3 is 10.2 Å². The molecule has 2 atom stereocenters.